The van der Waals surface area contributed by atoms with Gasteiger partial charge in [0.1, 0.15) is 16.5 Å². The van der Waals surface area contributed by atoms with E-state index < -0.39 is 0 Å². The zero-order chi connectivity index (χ0) is 21.3. The normalized spacial score (nSPS) is 21.7. The number of hydrogen-bond donors (Lipinski definition) is 2. The molecule has 1 spiro atoms. The summed E-state index contributed by atoms with van der Waals surface area (Å²) in [7, 11) is 1.59. The molecule has 11 heteroatoms. The van der Waals surface area contributed by atoms with Gasteiger partial charge in [0.15, 0.2) is 5.82 Å². The number of methoxy groups -OCH3 is 1. The minimum Gasteiger partial charge on any atom is -0.495 e. The fraction of sp³-hybridized carbons (Fsp3) is 0.524. The van der Waals surface area contributed by atoms with Gasteiger partial charge in [0.25, 0.3) is 0 Å². The van der Waals surface area contributed by atoms with Crippen LogP contribution in [0.3, 0.4) is 0 Å². The first-order valence-electron chi connectivity index (χ1n) is 10.1. The van der Waals surface area contributed by atoms with E-state index in [1.54, 1.807) is 13.3 Å². The van der Waals surface area contributed by atoms with Gasteiger partial charge in [-0.3, -0.25) is 0 Å². The van der Waals surface area contributed by atoms with Crippen LogP contribution in [0.2, 0.25) is 5.02 Å². The Balaban J connectivity index is 0.00000181. The van der Waals surface area contributed by atoms with Crippen molar-refractivity contribution in [1.82, 2.24) is 9.97 Å². The number of benzene rings is 1. The standard InChI is InChI=1S/C21H27ClN4O3S.2H2S/c1-13-19(23)21(12-29-13)6-8-26(9-7-21)20-14(11-27)25-17(10-24-20)30-16-5-3-4-15(28-2)18(16)22;;/h3-5,10,13,19,27H,6-9,11-12,23H2,1-2H3;2*1H2/t13-,19+;;/m0../s1. The van der Waals surface area contributed by atoms with Crippen LogP contribution in [0, 0.1) is 5.41 Å². The van der Waals surface area contributed by atoms with Gasteiger partial charge >= 0.3 is 0 Å². The molecule has 1 aromatic heterocycles. The molecule has 178 valence electrons. The fourth-order valence-electron chi connectivity index (χ4n) is 4.30. The molecule has 2 aliphatic rings. The molecule has 2 aliphatic heterocycles. The predicted octanol–water partition coefficient (Wildman–Crippen LogP) is 3.34. The summed E-state index contributed by atoms with van der Waals surface area (Å²) in [5.41, 5.74) is 7.03. The first kappa shape index (κ1) is 27.4. The summed E-state index contributed by atoms with van der Waals surface area (Å²) < 4.78 is 11.1. The number of nitrogens with two attached hydrogens (primary N) is 1. The van der Waals surface area contributed by atoms with Crippen molar-refractivity contribution in [3.05, 3.63) is 35.1 Å². The molecular formula is C21H31ClN4O3S3. The molecule has 0 unspecified atom stereocenters. The summed E-state index contributed by atoms with van der Waals surface area (Å²) in [6.45, 7) is 4.23. The Morgan fingerprint density at radius 3 is 2.66 bits per heavy atom. The van der Waals surface area contributed by atoms with Gasteiger partial charge in [-0.25, -0.2) is 9.97 Å². The van der Waals surface area contributed by atoms with Gasteiger partial charge in [-0.05, 0) is 31.9 Å². The van der Waals surface area contributed by atoms with Crippen molar-refractivity contribution < 1.29 is 14.6 Å². The van der Waals surface area contributed by atoms with E-state index in [0.29, 0.717) is 21.5 Å². The molecule has 1 aromatic carbocycles. The molecule has 0 amide bonds. The van der Waals surface area contributed by atoms with E-state index in [2.05, 4.69) is 14.9 Å². The molecule has 0 bridgehead atoms. The lowest BCUT2D eigenvalue weighted by molar-refractivity contribution is 0.0973. The monoisotopic (exact) mass is 518 g/mol. The van der Waals surface area contributed by atoms with E-state index in [4.69, 9.17) is 26.8 Å². The molecule has 2 fully saturated rings. The number of piperidine rings is 1. The van der Waals surface area contributed by atoms with E-state index in [1.165, 1.54) is 11.8 Å². The lowest BCUT2D eigenvalue weighted by atomic mass is 9.73. The fourth-order valence-corrected chi connectivity index (χ4v) is 5.44. The van der Waals surface area contributed by atoms with Gasteiger partial charge in [0.05, 0.1) is 37.6 Å². The maximum Gasteiger partial charge on any atom is 0.152 e. The SMILES string of the molecule is COc1cccc(Sc2cnc(N3CCC4(CC3)CO[C@@H](C)[C@H]4N)c(CO)n2)c1Cl.S.S. The highest BCUT2D eigenvalue weighted by Crippen LogP contribution is 2.42. The quantitative estimate of drug-likeness (QED) is 0.622. The first-order chi connectivity index (χ1) is 14.5. The zero-order valence-corrected chi connectivity index (χ0v) is 21.7. The van der Waals surface area contributed by atoms with Crippen LogP contribution in [0.5, 0.6) is 5.75 Å². The van der Waals surface area contributed by atoms with Crippen LogP contribution in [0.1, 0.15) is 25.5 Å². The third kappa shape index (κ3) is 5.27. The summed E-state index contributed by atoms with van der Waals surface area (Å²) in [5.74, 6) is 1.34. The van der Waals surface area contributed by atoms with Crippen LogP contribution in [0.15, 0.2) is 34.3 Å². The number of anilines is 1. The largest absolute Gasteiger partial charge is 0.495 e. The van der Waals surface area contributed by atoms with Gasteiger partial charge in [0, 0.05) is 29.4 Å². The molecule has 4 rings (SSSR count). The van der Waals surface area contributed by atoms with Gasteiger partial charge in [-0.1, -0.05) is 29.4 Å². The van der Waals surface area contributed by atoms with Crippen molar-refractivity contribution in [1.29, 1.82) is 0 Å². The second-order valence-corrected chi connectivity index (χ2v) is 9.34. The topological polar surface area (TPSA) is 93.7 Å². The lowest BCUT2D eigenvalue weighted by Gasteiger charge is -2.41. The smallest absolute Gasteiger partial charge is 0.152 e. The Labute approximate surface area is 212 Å². The summed E-state index contributed by atoms with van der Waals surface area (Å²) in [4.78, 5) is 12.3. The molecule has 7 nitrogen and oxygen atoms in total. The minimum absolute atomic E-state index is 0. The number of nitrogens with zero attached hydrogens (tertiary/aromatic N) is 3. The number of aliphatic hydroxyl groups excluding tert-OH is 1. The van der Waals surface area contributed by atoms with Gasteiger partial charge in [0.2, 0.25) is 0 Å². The minimum atomic E-state index is -0.177. The zero-order valence-electron chi connectivity index (χ0n) is 18.2. The van der Waals surface area contributed by atoms with Crippen molar-refractivity contribution in [3.63, 3.8) is 0 Å². The number of rotatable bonds is 5. The maximum atomic E-state index is 9.93. The molecule has 0 aliphatic carbocycles. The second kappa shape index (κ2) is 11.5. The molecule has 32 heavy (non-hydrogen) atoms. The van der Waals surface area contributed by atoms with Crippen molar-refractivity contribution in [2.45, 2.75) is 48.4 Å². The Bertz CT molecular complexity index is 916. The molecule has 2 aromatic rings. The van der Waals surface area contributed by atoms with Crippen LogP contribution in [-0.4, -0.2) is 54.0 Å². The van der Waals surface area contributed by atoms with E-state index in [-0.39, 0.29) is 51.2 Å². The number of halogens is 1. The van der Waals surface area contributed by atoms with Crippen LogP contribution in [-0.2, 0) is 11.3 Å². The van der Waals surface area contributed by atoms with Crippen LogP contribution >= 0.6 is 50.4 Å². The van der Waals surface area contributed by atoms with E-state index >= 15 is 0 Å². The summed E-state index contributed by atoms with van der Waals surface area (Å²) in [6.07, 6.45) is 3.72. The number of hydrogen-bond acceptors (Lipinski definition) is 8. The second-order valence-electron chi connectivity index (χ2n) is 7.90. The van der Waals surface area contributed by atoms with Gasteiger partial charge in [-0.15, -0.1) is 0 Å². The highest BCUT2D eigenvalue weighted by atomic mass is 35.5. The Morgan fingerprint density at radius 1 is 1.34 bits per heavy atom. The first-order valence-corrected chi connectivity index (χ1v) is 11.3. The van der Waals surface area contributed by atoms with Crippen molar-refractivity contribution >= 4 is 56.2 Å². The number of ether oxygens (including phenoxy) is 2. The third-order valence-electron chi connectivity index (χ3n) is 6.22. The Morgan fingerprint density at radius 2 is 2.06 bits per heavy atom. The molecule has 3 heterocycles. The highest BCUT2D eigenvalue weighted by Gasteiger charge is 2.47. The van der Waals surface area contributed by atoms with Crippen molar-refractivity contribution in [2.75, 3.05) is 31.7 Å². The highest BCUT2D eigenvalue weighted by molar-refractivity contribution is 7.99. The van der Waals surface area contributed by atoms with Gasteiger partial charge < -0.3 is 25.2 Å². The molecule has 2 saturated heterocycles. The number of aliphatic hydroxyl groups is 1. The Kier molecular flexibility index (Phi) is 9.84. The van der Waals surface area contributed by atoms with E-state index in [9.17, 15) is 5.11 Å². The van der Waals surface area contributed by atoms with E-state index in [0.717, 1.165) is 43.3 Å². The average Bonchev–Trinajstić information content (AvgIpc) is 3.04. The van der Waals surface area contributed by atoms with Crippen molar-refractivity contribution in [2.24, 2.45) is 11.1 Å². The predicted molar refractivity (Wildman–Crippen MR) is 138 cm³/mol. The molecule has 0 saturated carbocycles. The average molecular weight is 519 g/mol. The summed E-state index contributed by atoms with van der Waals surface area (Å²) in [6, 6.07) is 5.66. The number of aromatic nitrogens is 2. The lowest BCUT2D eigenvalue weighted by Crippen LogP contribution is -2.51. The Hall–Kier alpha value is -0.880. The molecule has 0 radical (unpaired) electrons. The van der Waals surface area contributed by atoms with Crippen LogP contribution in [0.25, 0.3) is 0 Å². The van der Waals surface area contributed by atoms with E-state index in [1.807, 2.05) is 25.1 Å². The molecule has 2 atom stereocenters. The third-order valence-corrected chi connectivity index (χ3v) is 7.69. The van der Waals surface area contributed by atoms with Gasteiger partial charge in [-0.2, -0.15) is 27.0 Å². The summed E-state index contributed by atoms with van der Waals surface area (Å²) >= 11 is 7.79. The molecular weight excluding hydrogens is 488 g/mol. The van der Waals surface area contributed by atoms with Crippen molar-refractivity contribution in [3.8, 4) is 5.75 Å². The summed E-state index contributed by atoms with van der Waals surface area (Å²) in [5, 5.41) is 11.1. The van der Waals surface area contributed by atoms with Crippen LogP contribution < -0.4 is 15.4 Å². The molecule has 3 N–H and O–H groups in total. The van der Waals surface area contributed by atoms with Crippen LogP contribution in [0.4, 0.5) is 5.82 Å². The maximum absolute atomic E-state index is 9.93.